The number of halogens is 2. The van der Waals surface area contributed by atoms with Crippen molar-refractivity contribution >= 4 is 37.5 Å². The molecule has 8 nitrogen and oxygen atoms in total. The Morgan fingerprint density at radius 2 is 2.09 bits per heavy atom. The van der Waals surface area contributed by atoms with Gasteiger partial charge in [-0.05, 0) is 22.0 Å². The van der Waals surface area contributed by atoms with Crippen LogP contribution in [0.3, 0.4) is 0 Å². The van der Waals surface area contributed by atoms with Crippen molar-refractivity contribution in [2.75, 3.05) is 14.1 Å². The molecule has 0 aliphatic carbocycles. The highest BCUT2D eigenvalue weighted by Crippen LogP contribution is 2.27. The first-order chi connectivity index (χ1) is 12.7. The lowest BCUT2D eigenvalue weighted by atomic mass is 10.4. The molecule has 2 rings (SSSR count). The summed E-state index contributed by atoms with van der Waals surface area (Å²) < 4.78 is 50.7. The average Bonchev–Trinajstić information content (AvgIpc) is 2.50. The standard InChI is InChI=1S/C6H5BrN2O3.C6H6BrNO2/c1-12-5-3-8-6(7)2-4(5)9(10)11;1-10-5-2-3-6(7)8(9)4-5/h2-3H,1H3;2-4H,1H3/i2*1D3. The van der Waals surface area contributed by atoms with E-state index in [0.29, 0.717) is 9.33 Å². The van der Waals surface area contributed by atoms with Gasteiger partial charge < -0.3 is 14.7 Å². The first kappa shape index (κ1) is 10.7. The summed E-state index contributed by atoms with van der Waals surface area (Å²) in [4.78, 5) is 13.5. The number of methoxy groups -OCH3 is 2. The second kappa shape index (κ2) is 8.49. The zero-order valence-electron chi connectivity index (χ0n) is 16.5. The molecule has 0 aromatic carbocycles. The van der Waals surface area contributed by atoms with Gasteiger partial charge in [0.2, 0.25) is 11.9 Å². The van der Waals surface area contributed by atoms with Crippen molar-refractivity contribution < 1.29 is 27.4 Å². The predicted octanol–water partition coefficient (Wildman–Crippen LogP) is 2.85. The molecule has 0 atom stereocenters. The quantitative estimate of drug-likeness (QED) is 0.238. The van der Waals surface area contributed by atoms with E-state index < -0.39 is 24.7 Å². The van der Waals surface area contributed by atoms with E-state index >= 15 is 0 Å². The van der Waals surface area contributed by atoms with E-state index in [1.165, 1.54) is 12.1 Å². The second-order valence-corrected chi connectivity index (χ2v) is 5.07. The van der Waals surface area contributed by atoms with Gasteiger partial charge in [-0.1, -0.05) is 0 Å². The van der Waals surface area contributed by atoms with Crippen LogP contribution in [0, 0.1) is 15.3 Å². The van der Waals surface area contributed by atoms with Crippen molar-refractivity contribution in [3.05, 3.63) is 55.1 Å². The zero-order chi connectivity index (χ0) is 21.7. The lowest BCUT2D eigenvalue weighted by Gasteiger charge is -2.00. The number of hydrogen-bond donors (Lipinski definition) is 0. The van der Waals surface area contributed by atoms with Gasteiger partial charge in [0.25, 0.3) is 4.60 Å². The van der Waals surface area contributed by atoms with Crippen LogP contribution in [-0.4, -0.2) is 24.0 Å². The SMILES string of the molecule is [2H]C([2H])([2H])Oc1ccc(Br)[n+]([O-])c1.[2H]C([2H])([2H])Oc1cnc(Br)cc1[N+](=O)[O-]. The Balaban J connectivity index is 0.000000283. The molecule has 0 aliphatic rings. The Labute approximate surface area is 151 Å². The lowest BCUT2D eigenvalue weighted by Crippen LogP contribution is -2.26. The molecule has 0 unspecified atom stereocenters. The van der Waals surface area contributed by atoms with Crippen LogP contribution >= 0.6 is 31.9 Å². The largest absolute Gasteiger partial charge is 0.618 e. The highest BCUT2D eigenvalue weighted by molar-refractivity contribution is 9.10. The van der Waals surface area contributed by atoms with Crippen LogP contribution in [0.25, 0.3) is 0 Å². The van der Waals surface area contributed by atoms with Crippen molar-refractivity contribution in [2.24, 2.45) is 0 Å². The van der Waals surface area contributed by atoms with E-state index in [2.05, 4.69) is 46.3 Å². The molecular formula is C12H11Br2N3O5. The molecule has 0 spiro atoms. The molecule has 0 bridgehead atoms. The fraction of sp³-hybridized carbons (Fsp3) is 0.167. The van der Waals surface area contributed by atoms with Crippen LogP contribution in [0.5, 0.6) is 11.5 Å². The molecule has 2 aromatic rings. The van der Waals surface area contributed by atoms with Crippen molar-refractivity contribution in [2.45, 2.75) is 0 Å². The van der Waals surface area contributed by atoms with Crippen LogP contribution in [-0.2, 0) is 0 Å². The topological polar surface area (TPSA) is 101 Å². The molecule has 22 heavy (non-hydrogen) atoms. The minimum absolute atomic E-state index is 0.0122. The van der Waals surface area contributed by atoms with Gasteiger partial charge in [-0.15, -0.1) is 0 Å². The fourth-order valence-corrected chi connectivity index (χ4v) is 1.69. The summed E-state index contributed by atoms with van der Waals surface area (Å²) >= 11 is 5.90. The van der Waals surface area contributed by atoms with E-state index in [0.717, 1.165) is 18.5 Å². The minimum Gasteiger partial charge on any atom is -0.618 e. The number of pyridine rings is 2. The number of nitrogens with zero attached hydrogens (tertiary/aromatic N) is 3. The smallest absolute Gasteiger partial charge is 0.315 e. The summed E-state index contributed by atoms with van der Waals surface area (Å²) in [6.45, 7) is 0. The molecular weight excluding hydrogens is 426 g/mol. The summed E-state index contributed by atoms with van der Waals surface area (Å²) in [7, 11) is -5.26. The van der Waals surface area contributed by atoms with Gasteiger partial charge in [0.15, 0.2) is 5.75 Å². The maximum atomic E-state index is 10.9. The predicted molar refractivity (Wildman–Crippen MR) is 84.8 cm³/mol. The zero-order valence-corrected chi connectivity index (χ0v) is 13.7. The number of hydrogen-bond acceptors (Lipinski definition) is 6. The fourth-order valence-electron chi connectivity index (χ4n) is 1.13. The van der Waals surface area contributed by atoms with Crippen molar-refractivity contribution in [1.82, 2.24) is 4.98 Å². The molecule has 0 amide bonds. The van der Waals surface area contributed by atoms with E-state index in [9.17, 15) is 15.3 Å². The lowest BCUT2D eigenvalue weighted by molar-refractivity contribution is -0.617. The van der Waals surface area contributed by atoms with Crippen molar-refractivity contribution in [1.29, 1.82) is 0 Å². The van der Waals surface area contributed by atoms with Crippen LogP contribution < -0.4 is 14.2 Å². The van der Waals surface area contributed by atoms with E-state index in [1.54, 1.807) is 0 Å². The number of ether oxygens (including phenoxy) is 2. The molecule has 0 N–H and O–H groups in total. The molecule has 0 saturated carbocycles. The van der Waals surface area contributed by atoms with Gasteiger partial charge in [-0.2, -0.15) is 4.73 Å². The molecule has 10 heteroatoms. The highest BCUT2D eigenvalue weighted by Gasteiger charge is 2.14. The monoisotopic (exact) mass is 441 g/mol. The van der Waals surface area contributed by atoms with Gasteiger partial charge >= 0.3 is 5.69 Å². The molecule has 0 saturated heterocycles. The van der Waals surface area contributed by atoms with Gasteiger partial charge in [0, 0.05) is 22.0 Å². The summed E-state index contributed by atoms with van der Waals surface area (Å²) in [5.41, 5.74) is -0.451. The maximum absolute atomic E-state index is 10.9. The van der Waals surface area contributed by atoms with Gasteiger partial charge in [0.1, 0.15) is 4.60 Å². The van der Waals surface area contributed by atoms with Gasteiger partial charge in [-0.3, -0.25) is 10.1 Å². The van der Waals surface area contributed by atoms with Crippen LogP contribution in [0.4, 0.5) is 5.69 Å². The maximum Gasteiger partial charge on any atom is 0.315 e. The third-order valence-corrected chi connectivity index (χ3v) is 3.13. The molecule has 0 radical (unpaired) electrons. The summed E-state index contributed by atoms with van der Waals surface area (Å²) in [6, 6.07) is 3.88. The summed E-state index contributed by atoms with van der Waals surface area (Å²) in [5.74, 6) is -0.374. The summed E-state index contributed by atoms with van der Waals surface area (Å²) in [6.07, 6.45) is 2.02. The molecule has 0 aliphatic heterocycles. The molecule has 2 heterocycles. The van der Waals surface area contributed by atoms with Crippen molar-refractivity contribution in [3.63, 3.8) is 0 Å². The van der Waals surface area contributed by atoms with E-state index in [4.69, 9.17) is 8.22 Å². The number of rotatable bonds is 3. The van der Waals surface area contributed by atoms with Crippen molar-refractivity contribution in [3.8, 4) is 11.5 Å². The Morgan fingerprint density at radius 3 is 2.68 bits per heavy atom. The molecule has 0 fully saturated rings. The molecule has 2 aromatic heterocycles. The number of nitro groups is 1. The third kappa shape index (κ3) is 5.11. The minimum atomic E-state index is -2.74. The van der Waals surface area contributed by atoms with E-state index in [-0.39, 0.29) is 16.1 Å². The Kier molecular flexibility index (Phi) is 4.14. The van der Waals surface area contributed by atoms with Crippen LogP contribution in [0.15, 0.2) is 39.8 Å². The first-order valence-electron chi connectivity index (χ1n) is 8.24. The normalized spacial score (nSPS) is 14.6. The first-order valence-corrected chi connectivity index (χ1v) is 6.83. The number of aromatic nitrogens is 2. The Hall–Kier alpha value is -1.94. The van der Waals surface area contributed by atoms with Crippen LogP contribution in [0.2, 0.25) is 0 Å². The molecule has 118 valence electrons. The van der Waals surface area contributed by atoms with E-state index in [1.807, 2.05) is 0 Å². The Bertz CT molecular complexity index is 849. The van der Waals surface area contributed by atoms with Gasteiger partial charge in [0.05, 0.1) is 39.5 Å². The Morgan fingerprint density at radius 1 is 1.36 bits per heavy atom. The van der Waals surface area contributed by atoms with Crippen LogP contribution in [0.1, 0.15) is 8.22 Å². The third-order valence-electron chi connectivity index (χ3n) is 2.08. The average molecular weight is 443 g/mol. The van der Waals surface area contributed by atoms with Gasteiger partial charge in [-0.25, -0.2) is 4.98 Å². The summed E-state index contributed by atoms with van der Waals surface area (Å²) in [5, 5.41) is 21.5. The second-order valence-electron chi connectivity index (χ2n) is 3.45. The highest BCUT2D eigenvalue weighted by atomic mass is 79.9.